The van der Waals surface area contributed by atoms with E-state index in [4.69, 9.17) is 16.3 Å². The number of anilines is 1. The van der Waals surface area contributed by atoms with Gasteiger partial charge in [0.2, 0.25) is 5.88 Å². The summed E-state index contributed by atoms with van der Waals surface area (Å²) in [5, 5.41) is 11.9. The molecule has 0 spiro atoms. The molecule has 0 atom stereocenters. The zero-order valence-corrected chi connectivity index (χ0v) is 16.5. The fourth-order valence-electron chi connectivity index (χ4n) is 3.62. The van der Waals surface area contributed by atoms with Crippen LogP contribution in [0.4, 0.5) is 14.5 Å². The van der Waals surface area contributed by atoms with E-state index in [1.165, 1.54) is 13.3 Å². The molecule has 4 rings (SSSR count). The van der Waals surface area contributed by atoms with Crippen molar-refractivity contribution >= 4 is 17.3 Å². The maximum atomic E-state index is 14.4. The molecule has 1 aliphatic rings. The molecule has 0 fully saturated rings. The van der Waals surface area contributed by atoms with Crippen molar-refractivity contribution in [1.29, 1.82) is 0 Å². The molecule has 0 radical (unpaired) electrons. The molecule has 0 saturated heterocycles. The van der Waals surface area contributed by atoms with Gasteiger partial charge in [-0.3, -0.25) is 4.57 Å². The Morgan fingerprint density at radius 2 is 1.96 bits per heavy atom. The van der Waals surface area contributed by atoms with Gasteiger partial charge in [0, 0.05) is 11.8 Å². The predicted molar refractivity (Wildman–Crippen MR) is 102 cm³/mol. The average Bonchev–Trinajstić information content (AvgIpc) is 3.03. The smallest absolute Gasteiger partial charge is 0.266 e. The number of methoxy groups -OCH3 is 1. The van der Waals surface area contributed by atoms with Gasteiger partial charge in [-0.1, -0.05) is 17.7 Å². The molecule has 1 N–H and O–H groups in total. The number of rotatable bonds is 3. The van der Waals surface area contributed by atoms with Gasteiger partial charge in [0.1, 0.15) is 5.82 Å². The van der Waals surface area contributed by atoms with Crippen molar-refractivity contribution in [2.45, 2.75) is 32.7 Å². The Bertz CT molecular complexity index is 1080. The first-order valence-corrected chi connectivity index (χ1v) is 8.98. The number of benzene rings is 1. The zero-order chi connectivity index (χ0) is 20.2. The lowest BCUT2D eigenvalue weighted by Crippen LogP contribution is -2.36. The molecule has 6 nitrogen and oxygen atoms in total. The molecule has 0 aliphatic carbocycles. The lowest BCUT2D eigenvalue weighted by molar-refractivity contribution is 0.151. The van der Waals surface area contributed by atoms with Crippen molar-refractivity contribution < 1.29 is 13.5 Å². The third-order valence-electron chi connectivity index (χ3n) is 4.79. The molecule has 1 aromatic carbocycles. The second kappa shape index (κ2) is 6.41. The quantitative estimate of drug-likeness (QED) is 0.671. The van der Waals surface area contributed by atoms with Crippen molar-refractivity contribution in [2.24, 2.45) is 0 Å². The largest absolute Gasteiger partial charge is 0.481 e. The third-order valence-corrected chi connectivity index (χ3v) is 5.00. The summed E-state index contributed by atoms with van der Waals surface area (Å²) in [4.78, 5) is 4.11. The summed E-state index contributed by atoms with van der Waals surface area (Å²) < 4.78 is 35.7. The molecule has 2 aromatic heterocycles. The van der Waals surface area contributed by atoms with E-state index < -0.39 is 12.0 Å². The highest BCUT2D eigenvalue weighted by Gasteiger charge is 2.37. The number of pyridine rings is 1. The van der Waals surface area contributed by atoms with Gasteiger partial charge in [-0.05, 0) is 38.5 Å². The summed E-state index contributed by atoms with van der Waals surface area (Å²) in [6, 6.07) is 4.96. The van der Waals surface area contributed by atoms with Crippen LogP contribution < -0.4 is 10.1 Å². The Labute approximate surface area is 165 Å². The fraction of sp³-hybridized carbons (Fsp3) is 0.316. The summed E-state index contributed by atoms with van der Waals surface area (Å²) in [5.41, 5.74) is 0.864. The molecule has 0 amide bonds. The highest BCUT2D eigenvalue weighted by molar-refractivity contribution is 6.30. The second-order valence-electron chi connectivity index (χ2n) is 7.09. The highest BCUT2D eigenvalue weighted by atomic mass is 35.5. The van der Waals surface area contributed by atoms with E-state index >= 15 is 0 Å². The second-order valence-corrected chi connectivity index (χ2v) is 7.53. The van der Waals surface area contributed by atoms with Crippen LogP contribution >= 0.6 is 11.6 Å². The Kier molecular flexibility index (Phi) is 4.26. The van der Waals surface area contributed by atoms with E-state index in [1.54, 1.807) is 29.7 Å². The van der Waals surface area contributed by atoms with Gasteiger partial charge in [0.15, 0.2) is 5.82 Å². The van der Waals surface area contributed by atoms with E-state index in [0.717, 1.165) is 0 Å². The molecule has 146 valence electrons. The Morgan fingerprint density at radius 3 is 2.64 bits per heavy atom. The number of halogens is 3. The Morgan fingerprint density at radius 1 is 1.21 bits per heavy atom. The molecule has 1 aliphatic heterocycles. The number of alkyl halides is 2. The van der Waals surface area contributed by atoms with Crippen LogP contribution in [0.2, 0.25) is 5.02 Å². The van der Waals surface area contributed by atoms with Crippen LogP contribution in [0.25, 0.3) is 16.8 Å². The van der Waals surface area contributed by atoms with Crippen molar-refractivity contribution in [3.8, 4) is 22.7 Å². The van der Waals surface area contributed by atoms with Crippen molar-refractivity contribution in [1.82, 2.24) is 19.7 Å². The van der Waals surface area contributed by atoms with Crippen LogP contribution in [0.1, 0.15) is 37.5 Å². The van der Waals surface area contributed by atoms with E-state index in [-0.39, 0.29) is 11.4 Å². The third kappa shape index (κ3) is 2.71. The molecule has 0 saturated carbocycles. The number of ether oxygens (including phenoxy) is 1. The summed E-state index contributed by atoms with van der Waals surface area (Å²) in [6.45, 7) is 5.59. The molecule has 9 heteroatoms. The first-order chi connectivity index (χ1) is 13.2. The molecule has 0 bridgehead atoms. The standard InChI is InChI=1S/C19H18ClF2N5O/c1-9-25-26-18-19(2,3)24-13-6-5-11(14(16(21)22)15(13)27(9)18)12-7-10(20)8-23-17(12)28-4/h5-8,16,24H,1-4H3. The first kappa shape index (κ1) is 18.6. The van der Waals surface area contributed by atoms with Crippen LogP contribution in [0.3, 0.4) is 0 Å². The van der Waals surface area contributed by atoms with Gasteiger partial charge < -0.3 is 10.1 Å². The van der Waals surface area contributed by atoms with Gasteiger partial charge in [-0.2, -0.15) is 0 Å². The Hall–Kier alpha value is -2.74. The van der Waals surface area contributed by atoms with Gasteiger partial charge in [0.25, 0.3) is 6.43 Å². The van der Waals surface area contributed by atoms with Crippen molar-refractivity contribution in [3.05, 3.63) is 46.6 Å². The van der Waals surface area contributed by atoms with Crippen LogP contribution in [-0.2, 0) is 5.54 Å². The number of nitrogens with zero attached hydrogens (tertiary/aromatic N) is 4. The number of aryl methyl sites for hydroxylation is 1. The minimum Gasteiger partial charge on any atom is -0.481 e. The lowest BCUT2D eigenvalue weighted by Gasteiger charge is -2.35. The topological polar surface area (TPSA) is 64.9 Å². The molecule has 3 aromatic rings. The summed E-state index contributed by atoms with van der Waals surface area (Å²) in [5.74, 6) is 1.31. The maximum absolute atomic E-state index is 14.4. The highest BCUT2D eigenvalue weighted by Crippen LogP contribution is 2.46. The minimum atomic E-state index is -2.76. The van der Waals surface area contributed by atoms with Crippen LogP contribution in [0.15, 0.2) is 24.4 Å². The van der Waals surface area contributed by atoms with Gasteiger partial charge >= 0.3 is 0 Å². The van der Waals surface area contributed by atoms with Gasteiger partial charge in [-0.15, -0.1) is 10.2 Å². The average molecular weight is 406 g/mol. The lowest BCUT2D eigenvalue weighted by atomic mass is 9.93. The number of hydrogen-bond acceptors (Lipinski definition) is 5. The van der Waals surface area contributed by atoms with Gasteiger partial charge in [0.05, 0.1) is 34.6 Å². The van der Waals surface area contributed by atoms with E-state index in [2.05, 4.69) is 20.5 Å². The minimum absolute atomic E-state index is 0.160. The fourth-order valence-corrected chi connectivity index (χ4v) is 3.77. The molecular formula is C19H18ClF2N5O. The molecule has 3 heterocycles. The SMILES string of the molecule is COc1ncc(Cl)cc1-c1ccc2c(c1C(F)F)-n1c(C)nnc1C(C)(C)N2. The van der Waals surface area contributed by atoms with E-state index in [1.807, 2.05) is 13.8 Å². The summed E-state index contributed by atoms with van der Waals surface area (Å²) in [6.07, 6.45) is -1.34. The number of fused-ring (bicyclic) bond motifs is 3. The van der Waals surface area contributed by atoms with E-state index in [9.17, 15) is 8.78 Å². The molecule has 0 unspecified atom stereocenters. The van der Waals surface area contributed by atoms with Crippen molar-refractivity contribution in [3.63, 3.8) is 0 Å². The molecular weight excluding hydrogens is 388 g/mol. The summed E-state index contributed by atoms with van der Waals surface area (Å²) in [7, 11) is 1.44. The van der Waals surface area contributed by atoms with Gasteiger partial charge in [-0.25, -0.2) is 13.8 Å². The Balaban J connectivity index is 2.08. The zero-order valence-electron chi connectivity index (χ0n) is 15.7. The van der Waals surface area contributed by atoms with Crippen LogP contribution in [-0.4, -0.2) is 26.9 Å². The number of hydrogen-bond donors (Lipinski definition) is 1. The number of aromatic nitrogens is 4. The molecule has 28 heavy (non-hydrogen) atoms. The van der Waals surface area contributed by atoms with Crippen LogP contribution in [0.5, 0.6) is 5.88 Å². The van der Waals surface area contributed by atoms with Crippen LogP contribution in [0, 0.1) is 6.92 Å². The maximum Gasteiger partial charge on any atom is 0.266 e. The van der Waals surface area contributed by atoms with Crippen molar-refractivity contribution in [2.75, 3.05) is 12.4 Å². The summed E-state index contributed by atoms with van der Waals surface area (Å²) >= 11 is 6.08. The number of nitrogens with one attached hydrogen (secondary N) is 1. The monoisotopic (exact) mass is 405 g/mol. The van der Waals surface area contributed by atoms with E-state index in [0.29, 0.717) is 39.2 Å². The predicted octanol–water partition coefficient (Wildman–Crippen LogP) is 4.90. The normalized spacial score (nSPS) is 14.4. The first-order valence-electron chi connectivity index (χ1n) is 8.60.